The van der Waals surface area contributed by atoms with E-state index in [-0.39, 0.29) is 12.5 Å². The van der Waals surface area contributed by atoms with Gasteiger partial charge in [-0.3, -0.25) is 9.10 Å². The highest BCUT2D eigenvalue weighted by Gasteiger charge is 2.13. The summed E-state index contributed by atoms with van der Waals surface area (Å²) in [6.45, 7) is 4.44. The van der Waals surface area contributed by atoms with E-state index < -0.39 is 10.0 Å². The van der Waals surface area contributed by atoms with Crippen LogP contribution in [0, 0.1) is 5.92 Å². The zero-order valence-corrected chi connectivity index (χ0v) is 15.6. The number of nitrogens with one attached hydrogen (secondary N) is 1. The van der Waals surface area contributed by atoms with Crippen LogP contribution in [0.2, 0.25) is 0 Å². The molecule has 1 aromatic carbocycles. The minimum absolute atomic E-state index is 0.245. The molecule has 1 aromatic heterocycles. The maximum absolute atomic E-state index is 12.2. The lowest BCUT2D eigenvalue weighted by molar-refractivity contribution is 0.0947. The van der Waals surface area contributed by atoms with Crippen LogP contribution in [-0.4, -0.2) is 32.8 Å². The normalized spacial score (nSPS) is 11.6. The molecule has 0 fully saturated rings. The van der Waals surface area contributed by atoms with Crippen LogP contribution >= 0.6 is 0 Å². The highest BCUT2D eigenvalue weighted by Crippen LogP contribution is 2.16. The van der Waals surface area contributed by atoms with Crippen molar-refractivity contribution in [2.75, 3.05) is 17.6 Å². The molecule has 0 bridgehead atoms. The number of aromatic nitrogens is 1. The van der Waals surface area contributed by atoms with Crippen molar-refractivity contribution < 1.29 is 17.7 Å². The fraction of sp³-hybridized carbons (Fsp3) is 0.412. The average Bonchev–Trinajstić information content (AvgIpc) is 2.98. The summed E-state index contributed by atoms with van der Waals surface area (Å²) in [5.41, 5.74) is 1.80. The molecule has 136 valence electrons. The van der Waals surface area contributed by atoms with Gasteiger partial charge in [0.1, 0.15) is 0 Å². The van der Waals surface area contributed by atoms with Crippen LogP contribution < -0.4 is 9.62 Å². The van der Waals surface area contributed by atoms with E-state index in [0.29, 0.717) is 22.9 Å². The van der Waals surface area contributed by atoms with Gasteiger partial charge < -0.3 is 9.84 Å². The molecule has 0 spiro atoms. The van der Waals surface area contributed by atoms with Gasteiger partial charge in [0, 0.05) is 18.7 Å². The van der Waals surface area contributed by atoms with Gasteiger partial charge in [0.2, 0.25) is 10.0 Å². The molecule has 1 amide bonds. The second-order valence-corrected chi connectivity index (χ2v) is 8.36. The molecule has 7 nitrogen and oxygen atoms in total. The molecule has 2 rings (SSSR count). The Bertz CT molecular complexity index is 826. The van der Waals surface area contributed by atoms with Gasteiger partial charge in [-0.25, -0.2) is 8.42 Å². The maximum Gasteiger partial charge on any atom is 0.251 e. The quantitative estimate of drug-likeness (QED) is 0.812. The third-order valence-electron chi connectivity index (χ3n) is 3.64. The molecule has 0 aliphatic carbocycles. The molecule has 0 atom stereocenters. The predicted molar refractivity (Wildman–Crippen MR) is 95.9 cm³/mol. The number of hydrogen-bond acceptors (Lipinski definition) is 5. The summed E-state index contributed by atoms with van der Waals surface area (Å²) in [5.74, 6) is 0.809. The Balaban J connectivity index is 1.96. The fourth-order valence-corrected chi connectivity index (χ4v) is 2.74. The van der Waals surface area contributed by atoms with Gasteiger partial charge in [0.05, 0.1) is 24.2 Å². The van der Waals surface area contributed by atoms with Gasteiger partial charge in [-0.2, -0.15) is 0 Å². The van der Waals surface area contributed by atoms with Crippen molar-refractivity contribution in [1.82, 2.24) is 10.5 Å². The summed E-state index contributed by atoms with van der Waals surface area (Å²) in [4.78, 5) is 12.2. The molecule has 1 heterocycles. The van der Waals surface area contributed by atoms with Crippen molar-refractivity contribution in [2.45, 2.75) is 26.8 Å². The molecule has 1 N–H and O–H groups in total. The molecule has 0 aliphatic heterocycles. The molecule has 0 aliphatic rings. The molecule has 25 heavy (non-hydrogen) atoms. The topological polar surface area (TPSA) is 92.5 Å². The number of sulfonamides is 1. The van der Waals surface area contributed by atoms with Crippen LogP contribution in [0.25, 0.3) is 0 Å². The largest absolute Gasteiger partial charge is 0.359 e. The van der Waals surface area contributed by atoms with Crippen molar-refractivity contribution in [3.63, 3.8) is 0 Å². The molecule has 0 saturated carbocycles. The zero-order chi connectivity index (χ0) is 18.6. The van der Waals surface area contributed by atoms with Gasteiger partial charge in [-0.05, 0) is 36.6 Å². The smallest absolute Gasteiger partial charge is 0.251 e. The number of carbonyl (C=O) groups excluding carboxylic acids is 1. The van der Waals surface area contributed by atoms with Crippen LogP contribution in [0.4, 0.5) is 5.69 Å². The van der Waals surface area contributed by atoms with Crippen LogP contribution in [-0.2, 0) is 23.0 Å². The van der Waals surface area contributed by atoms with Gasteiger partial charge in [-0.1, -0.05) is 19.0 Å². The van der Waals surface area contributed by atoms with Crippen LogP contribution in [0.15, 0.2) is 34.9 Å². The molecule has 0 saturated heterocycles. The molecule has 0 radical (unpaired) electrons. The summed E-state index contributed by atoms with van der Waals surface area (Å²) in [6.07, 6.45) is 1.95. The summed E-state index contributed by atoms with van der Waals surface area (Å²) in [6, 6.07) is 8.18. The van der Waals surface area contributed by atoms with E-state index in [2.05, 4.69) is 24.3 Å². The van der Waals surface area contributed by atoms with E-state index in [0.717, 1.165) is 22.7 Å². The summed E-state index contributed by atoms with van der Waals surface area (Å²) in [5, 5.41) is 6.73. The van der Waals surface area contributed by atoms with Crippen molar-refractivity contribution in [3.8, 4) is 0 Å². The van der Waals surface area contributed by atoms with Crippen LogP contribution in [0.5, 0.6) is 0 Å². The number of nitrogens with zero attached hydrogens (tertiary/aromatic N) is 2. The summed E-state index contributed by atoms with van der Waals surface area (Å²) >= 11 is 0. The van der Waals surface area contributed by atoms with Gasteiger partial charge in [-0.15, -0.1) is 0 Å². The van der Waals surface area contributed by atoms with Gasteiger partial charge >= 0.3 is 0 Å². The number of hydrogen-bond donors (Lipinski definition) is 1. The first-order chi connectivity index (χ1) is 11.7. The Morgan fingerprint density at radius 1 is 1.28 bits per heavy atom. The Labute approximate surface area is 148 Å². The third-order valence-corrected chi connectivity index (χ3v) is 4.84. The predicted octanol–water partition coefficient (Wildman–Crippen LogP) is 2.20. The van der Waals surface area contributed by atoms with Gasteiger partial charge in [0.15, 0.2) is 5.76 Å². The molecular weight excluding hydrogens is 342 g/mol. The first-order valence-corrected chi connectivity index (χ1v) is 9.78. The number of rotatable bonds is 7. The van der Waals surface area contributed by atoms with Crippen molar-refractivity contribution >= 4 is 21.6 Å². The summed E-state index contributed by atoms with van der Waals surface area (Å²) in [7, 11) is -1.87. The maximum atomic E-state index is 12.2. The fourth-order valence-electron chi connectivity index (χ4n) is 2.24. The minimum Gasteiger partial charge on any atom is -0.359 e. The number of amides is 1. The molecule has 2 aromatic rings. The first kappa shape index (κ1) is 19.0. The SMILES string of the molecule is CC(C)Cc1cc(CNC(=O)c2ccc(N(C)S(C)(=O)=O)cc2)on1. The third kappa shape index (κ3) is 5.32. The molecule has 0 unspecified atom stereocenters. The van der Waals surface area contributed by atoms with E-state index in [4.69, 9.17) is 4.52 Å². The Morgan fingerprint density at radius 2 is 1.92 bits per heavy atom. The average molecular weight is 365 g/mol. The Hall–Kier alpha value is -2.35. The number of carbonyl (C=O) groups is 1. The summed E-state index contributed by atoms with van der Waals surface area (Å²) < 4.78 is 29.4. The second-order valence-electron chi connectivity index (χ2n) is 6.34. The highest BCUT2D eigenvalue weighted by atomic mass is 32.2. The zero-order valence-electron chi connectivity index (χ0n) is 14.8. The lowest BCUT2D eigenvalue weighted by Crippen LogP contribution is -2.25. The standard InChI is InChI=1S/C17H23N3O4S/c1-12(2)9-14-10-16(24-19-14)11-18-17(21)13-5-7-15(8-6-13)20(3)25(4,22)23/h5-8,10,12H,9,11H2,1-4H3,(H,18,21). The minimum atomic E-state index is -3.33. The van der Waals surface area contributed by atoms with Crippen molar-refractivity contribution in [2.24, 2.45) is 5.92 Å². The lowest BCUT2D eigenvalue weighted by Gasteiger charge is -2.16. The van der Waals surface area contributed by atoms with Crippen LogP contribution in [0.3, 0.4) is 0 Å². The van der Waals surface area contributed by atoms with Crippen molar-refractivity contribution in [3.05, 3.63) is 47.3 Å². The van der Waals surface area contributed by atoms with E-state index in [1.807, 2.05) is 6.07 Å². The monoisotopic (exact) mass is 365 g/mol. The van der Waals surface area contributed by atoms with E-state index in [1.54, 1.807) is 24.3 Å². The Kier molecular flexibility index (Phi) is 5.84. The molecule has 8 heteroatoms. The highest BCUT2D eigenvalue weighted by molar-refractivity contribution is 7.92. The Morgan fingerprint density at radius 3 is 2.48 bits per heavy atom. The van der Waals surface area contributed by atoms with E-state index in [1.165, 1.54) is 7.05 Å². The molecular formula is C17H23N3O4S. The lowest BCUT2D eigenvalue weighted by atomic mass is 10.1. The number of benzene rings is 1. The van der Waals surface area contributed by atoms with Crippen LogP contribution in [0.1, 0.15) is 35.7 Å². The van der Waals surface area contributed by atoms with E-state index >= 15 is 0 Å². The number of anilines is 1. The van der Waals surface area contributed by atoms with E-state index in [9.17, 15) is 13.2 Å². The first-order valence-electron chi connectivity index (χ1n) is 7.93. The van der Waals surface area contributed by atoms with Crippen molar-refractivity contribution in [1.29, 1.82) is 0 Å². The second kappa shape index (κ2) is 7.69. The van der Waals surface area contributed by atoms with Gasteiger partial charge in [0.25, 0.3) is 5.91 Å².